The number of hydrogen-bond donors (Lipinski definition) is 1. The first kappa shape index (κ1) is 12.9. The molecule has 1 fully saturated rings. The van der Waals surface area contributed by atoms with Gasteiger partial charge >= 0.3 is 5.97 Å². The van der Waals surface area contributed by atoms with Crippen molar-refractivity contribution in [3.05, 3.63) is 0 Å². The van der Waals surface area contributed by atoms with Crippen LogP contribution in [0.2, 0.25) is 0 Å². The molecule has 1 unspecified atom stereocenters. The third-order valence-corrected chi connectivity index (χ3v) is 2.19. The lowest BCUT2D eigenvalue weighted by Crippen LogP contribution is -2.46. The van der Waals surface area contributed by atoms with Gasteiger partial charge in [-0.3, -0.25) is 4.79 Å². The van der Waals surface area contributed by atoms with Gasteiger partial charge in [-0.05, 0) is 19.3 Å². The second-order valence-electron chi connectivity index (χ2n) is 3.06. The van der Waals surface area contributed by atoms with Crippen molar-refractivity contribution in [2.24, 2.45) is 0 Å². The average Bonchev–Trinajstić information content (AvgIpc) is 2.20. The van der Waals surface area contributed by atoms with E-state index in [0.29, 0.717) is 13.0 Å². The maximum atomic E-state index is 11.0. The fourth-order valence-electron chi connectivity index (χ4n) is 1.57. The van der Waals surface area contributed by atoms with Crippen LogP contribution in [0.15, 0.2) is 0 Å². The number of amides is 1. The highest BCUT2D eigenvalue weighted by atomic mass is 16.4. The van der Waals surface area contributed by atoms with Gasteiger partial charge in [-0.2, -0.15) is 0 Å². The van der Waals surface area contributed by atoms with E-state index < -0.39 is 12.0 Å². The smallest absolute Gasteiger partial charge is 0.326 e. The molecule has 0 saturated carbocycles. The second kappa shape index (κ2) is 6.40. The SMILES string of the molecule is CC.CC(=O)N1CCCCC1C(=O)O. The van der Waals surface area contributed by atoms with Crippen LogP contribution < -0.4 is 0 Å². The minimum absolute atomic E-state index is 0.137. The van der Waals surface area contributed by atoms with E-state index in [2.05, 4.69) is 0 Å². The molecule has 82 valence electrons. The first-order chi connectivity index (χ1) is 6.63. The van der Waals surface area contributed by atoms with Gasteiger partial charge in [-0.25, -0.2) is 4.79 Å². The van der Waals surface area contributed by atoms with Gasteiger partial charge in [-0.1, -0.05) is 13.8 Å². The Morgan fingerprint density at radius 3 is 2.21 bits per heavy atom. The molecule has 1 aliphatic heterocycles. The van der Waals surface area contributed by atoms with Crippen LogP contribution in [-0.2, 0) is 9.59 Å². The summed E-state index contributed by atoms with van der Waals surface area (Å²) < 4.78 is 0. The summed E-state index contributed by atoms with van der Waals surface area (Å²) in [6.45, 7) is 6.01. The van der Waals surface area contributed by atoms with E-state index in [0.717, 1.165) is 12.8 Å². The summed E-state index contributed by atoms with van der Waals surface area (Å²) in [5, 5.41) is 8.76. The first-order valence-electron chi connectivity index (χ1n) is 5.13. The Balaban J connectivity index is 0.000000791. The van der Waals surface area contributed by atoms with Crippen LogP contribution in [0.25, 0.3) is 0 Å². The topological polar surface area (TPSA) is 57.6 Å². The van der Waals surface area contributed by atoms with Crippen molar-refractivity contribution >= 4 is 11.9 Å². The van der Waals surface area contributed by atoms with Crippen LogP contribution in [-0.4, -0.2) is 34.5 Å². The molecule has 1 rings (SSSR count). The molecule has 0 aromatic rings. The molecule has 0 bridgehead atoms. The van der Waals surface area contributed by atoms with Crippen molar-refractivity contribution in [2.45, 2.75) is 46.1 Å². The van der Waals surface area contributed by atoms with Gasteiger partial charge < -0.3 is 10.0 Å². The molecule has 0 aromatic heterocycles. The minimum atomic E-state index is -0.884. The van der Waals surface area contributed by atoms with Crippen LogP contribution in [0.5, 0.6) is 0 Å². The Kier molecular flexibility index (Phi) is 5.92. The number of aliphatic carboxylic acids is 1. The second-order valence-corrected chi connectivity index (χ2v) is 3.06. The molecule has 14 heavy (non-hydrogen) atoms. The normalized spacial score (nSPS) is 20.8. The Bertz CT molecular complexity index is 182. The Morgan fingerprint density at radius 1 is 1.29 bits per heavy atom. The van der Waals surface area contributed by atoms with Gasteiger partial charge in [0.15, 0.2) is 0 Å². The zero-order valence-corrected chi connectivity index (χ0v) is 9.12. The highest BCUT2D eigenvalue weighted by Gasteiger charge is 2.29. The highest BCUT2D eigenvalue weighted by molar-refractivity contribution is 5.82. The fourth-order valence-corrected chi connectivity index (χ4v) is 1.57. The largest absolute Gasteiger partial charge is 0.480 e. The van der Waals surface area contributed by atoms with E-state index in [-0.39, 0.29) is 5.91 Å². The summed E-state index contributed by atoms with van der Waals surface area (Å²) in [6.07, 6.45) is 2.42. The van der Waals surface area contributed by atoms with Crippen molar-refractivity contribution < 1.29 is 14.7 Å². The molecule has 1 saturated heterocycles. The van der Waals surface area contributed by atoms with Crippen LogP contribution in [0, 0.1) is 0 Å². The summed E-state index contributed by atoms with van der Waals surface area (Å²) in [5.74, 6) is -1.02. The van der Waals surface area contributed by atoms with Gasteiger partial charge in [0, 0.05) is 13.5 Å². The molecule has 1 amide bonds. The lowest BCUT2D eigenvalue weighted by Gasteiger charge is -2.31. The maximum absolute atomic E-state index is 11.0. The molecule has 0 aliphatic carbocycles. The Morgan fingerprint density at radius 2 is 1.86 bits per heavy atom. The number of carbonyl (C=O) groups is 2. The lowest BCUT2D eigenvalue weighted by molar-refractivity contribution is -0.151. The molecule has 0 spiro atoms. The molecule has 0 radical (unpaired) electrons. The number of nitrogens with zero attached hydrogens (tertiary/aromatic N) is 1. The molecule has 1 atom stereocenters. The van der Waals surface area contributed by atoms with Gasteiger partial charge in [0.25, 0.3) is 0 Å². The molecule has 0 aromatic carbocycles. The van der Waals surface area contributed by atoms with E-state index >= 15 is 0 Å². The number of carboxylic acids is 1. The molecule has 4 nitrogen and oxygen atoms in total. The van der Waals surface area contributed by atoms with Crippen molar-refractivity contribution in [3.63, 3.8) is 0 Å². The summed E-state index contributed by atoms with van der Waals surface area (Å²) in [4.78, 5) is 23.1. The third kappa shape index (κ3) is 3.36. The van der Waals surface area contributed by atoms with Gasteiger partial charge in [0.1, 0.15) is 6.04 Å². The van der Waals surface area contributed by atoms with Gasteiger partial charge in [-0.15, -0.1) is 0 Å². The first-order valence-corrected chi connectivity index (χ1v) is 5.13. The molecular weight excluding hydrogens is 182 g/mol. The number of carbonyl (C=O) groups excluding carboxylic acids is 1. The zero-order valence-electron chi connectivity index (χ0n) is 9.12. The molecule has 1 N–H and O–H groups in total. The van der Waals surface area contributed by atoms with E-state index in [4.69, 9.17) is 5.11 Å². The van der Waals surface area contributed by atoms with Crippen molar-refractivity contribution in [1.82, 2.24) is 4.90 Å². The minimum Gasteiger partial charge on any atom is -0.480 e. The van der Waals surface area contributed by atoms with E-state index in [9.17, 15) is 9.59 Å². The molecular formula is C10H19NO3. The standard InChI is InChI=1S/C8H13NO3.C2H6/c1-6(10)9-5-3-2-4-7(9)8(11)12;1-2/h7H,2-5H2,1H3,(H,11,12);1-2H3. The van der Waals surface area contributed by atoms with E-state index in [1.54, 1.807) is 0 Å². The van der Waals surface area contributed by atoms with Crippen LogP contribution in [0.4, 0.5) is 0 Å². The van der Waals surface area contributed by atoms with Crippen molar-refractivity contribution in [1.29, 1.82) is 0 Å². The van der Waals surface area contributed by atoms with Crippen LogP contribution in [0.1, 0.15) is 40.0 Å². The van der Waals surface area contributed by atoms with Crippen LogP contribution >= 0.6 is 0 Å². The van der Waals surface area contributed by atoms with Crippen molar-refractivity contribution in [2.75, 3.05) is 6.54 Å². The predicted molar refractivity (Wildman–Crippen MR) is 54.0 cm³/mol. The Hall–Kier alpha value is -1.06. The van der Waals surface area contributed by atoms with E-state index in [1.165, 1.54) is 11.8 Å². The van der Waals surface area contributed by atoms with Gasteiger partial charge in [0.05, 0.1) is 0 Å². The quantitative estimate of drug-likeness (QED) is 0.699. The Labute approximate surface area is 84.9 Å². The summed E-state index contributed by atoms with van der Waals surface area (Å²) in [5.41, 5.74) is 0. The number of carboxylic acid groups (broad SMARTS) is 1. The lowest BCUT2D eigenvalue weighted by atomic mass is 10.0. The van der Waals surface area contributed by atoms with E-state index in [1.807, 2.05) is 13.8 Å². The fraction of sp³-hybridized carbons (Fsp3) is 0.800. The highest BCUT2D eigenvalue weighted by Crippen LogP contribution is 2.16. The van der Waals surface area contributed by atoms with Crippen molar-refractivity contribution in [3.8, 4) is 0 Å². The van der Waals surface area contributed by atoms with Gasteiger partial charge in [0.2, 0.25) is 5.91 Å². The number of piperidine rings is 1. The predicted octanol–water partition coefficient (Wildman–Crippen LogP) is 1.50. The zero-order chi connectivity index (χ0) is 11.1. The summed E-state index contributed by atoms with van der Waals surface area (Å²) in [6, 6.07) is -0.587. The number of hydrogen-bond acceptors (Lipinski definition) is 2. The third-order valence-electron chi connectivity index (χ3n) is 2.19. The van der Waals surface area contributed by atoms with Crippen LogP contribution in [0.3, 0.4) is 0 Å². The summed E-state index contributed by atoms with van der Waals surface area (Å²) in [7, 11) is 0. The number of likely N-dealkylation sites (tertiary alicyclic amines) is 1. The number of rotatable bonds is 1. The molecule has 1 aliphatic rings. The molecule has 4 heteroatoms. The average molecular weight is 201 g/mol. The maximum Gasteiger partial charge on any atom is 0.326 e. The monoisotopic (exact) mass is 201 g/mol. The summed E-state index contributed by atoms with van der Waals surface area (Å²) >= 11 is 0. The molecule has 1 heterocycles.